The van der Waals surface area contributed by atoms with E-state index in [-0.39, 0.29) is 0 Å². The summed E-state index contributed by atoms with van der Waals surface area (Å²) in [6.45, 7) is 6.87. The van der Waals surface area contributed by atoms with E-state index in [2.05, 4.69) is 53.2 Å². The summed E-state index contributed by atoms with van der Waals surface area (Å²) in [6, 6.07) is 10.7. The highest BCUT2D eigenvalue weighted by Gasteiger charge is 2.23. The normalized spacial score (nSPS) is 18.8. The van der Waals surface area contributed by atoms with Crippen LogP contribution in [0.1, 0.15) is 49.9 Å². The molecule has 1 aromatic heterocycles. The fourth-order valence-corrected chi connectivity index (χ4v) is 2.94. The standard InChI is InChI=1S/C17H24N4/c1-13-8-10-21(11-9-13)14(2)17-18-16(19-20-17)12-15-6-4-3-5-7-15/h3-7,13-14H,8-12H2,1-2H3,(H,18,19,20)/t14-/m1/s1. The van der Waals surface area contributed by atoms with Gasteiger partial charge in [-0.05, 0) is 44.3 Å². The minimum atomic E-state index is 0.304. The lowest BCUT2D eigenvalue weighted by Gasteiger charge is -2.33. The van der Waals surface area contributed by atoms with Crippen LogP contribution < -0.4 is 0 Å². The number of rotatable bonds is 4. The highest BCUT2D eigenvalue weighted by atomic mass is 15.3. The van der Waals surface area contributed by atoms with E-state index < -0.39 is 0 Å². The van der Waals surface area contributed by atoms with E-state index in [9.17, 15) is 0 Å². The first-order valence-corrected chi connectivity index (χ1v) is 7.91. The number of aromatic amines is 1. The molecule has 2 aromatic rings. The molecular formula is C17H24N4. The molecule has 1 aliphatic heterocycles. The Kier molecular flexibility index (Phi) is 4.34. The highest BCUT2D eigenvalue weighted by Crippen LogP contribution is 2.24. The number of hydrogen-bond donors (Lipinski definition) is 1. The zero-order chi connectivity index (χ0) is 14.7. The maximum absolute atomic E-state index is 4.69. The molecule has 1 fully saturated rings. The second-order valence-electron chi connectivity index (χ2n) is 6.20. The first-order chi connectivity index (χ1) is 10.2. The van der Waals surface area contributed by atoms with Crippen LogP contribution in [0, 0.1) is 5.92 Å². The molecule has 2 heterocycles. The van der Waals surface area contributed by atoms with Crippen LogP contribution in [0.4, 0.5) is 0 Å². The molecule has 4 nitrogen and oxygen atoms in total. The maximum Gasteiger partial charge on any atom is 0.167 e. The van der Waals surface area contributed by atoms with Gasteiger partial charge in [0.1, 0.15) is 5.82 Å². The fourth-order valence-electron chi connectivity index (χ4n) is 2.94. The van der Waals surface area contributed by atoms with Crippen molar-refractivity contribution in [2.45, 2.75) is 39.2 Å². The van der Waals surface area contributed by atoms with Crippen molar-refractivity contribution in [2.24, 2.45) is 5.92 Å². The largest absolute Gasteiger partial charge is 0.294 e. The van der Waals surface area contributed by atoms with Gasteiger partial charge >= 0.3 is 0 Å². The smallest absolute Gasteiger partial charge is 0.167 e. The minimum Gasteiger partial charge on any atom is -0.294 e. The number of H-pyrrole nitrogens is 1. The van der Waals surface area contributed by atoms with Crippen LogP contribution in [0.5, 0.6) is 0 Å². The van der Waals surface area contributed by atoms with Crippen molar-refractivity contribution in [1.82, 2.24) is 20.1 Å². The Hall–Kier alpha value is -1.68. The number of aromatic nitrogens is 3. The molecule has 3 rings (SSSR count). The van der Waals surface area contributed by atoms with Crippen molar-refractivity contribution in [3.8, 4) is 0 Å². The topological polar surface area (TPSA) is 44.8 Å². The van der Waals surface area contributed by atoms with Crippen molar-refractivity contribution in [3.05, 3.63) is 47.5 Å². The molecule has 112 valence electrons. The second-order valence-corrected chi connectivity index (χ2v) is 6.20. The van der Waals surface area contributed by atoms with Gasteiger partial charge in [0.25, 0.3) is 0 Å². The molecule has 0 radical (unpaired) electrons. The molecule has 1 N–H and O–H groups in total. The number of piperidine rings is 1. The Morgan fingerprint density at radius 1 is 1.24 bits per heavy atom. The van der Waals surface area contributed by atoms with Gasteiger partial charge in [0.15, 0.2) is 5.82 Å². The average molecular weight is 284 g/mol. The van der Waals surface area contributed by atoms with E-state index in [4.69, 9.17) is 4.98 Å². The van der Waals surface area contributed by atoms with Crippen LogP contribution >= 0.6 is 0 Å². The maximum atomic E-state index is 4.69. The van der Waals surface area contributed by atoms with Crippen molar-refractivity contribution >= 4 is 0 Å². The summed E-state index contributed by atoms with van der Waals surface area (Å²) in [4.78, 5) is 7.19. The summed E-state index contributed by atoms with van der Waals surface area (Å²) in [6.07, 6.45) is 3.38. The zero-order valence-electron chi connectivity index (χ0n) is 12.9. The van der Waals surface area contributed by atoms with Crippen LogP contribution in [-0.4, -0.2) is 33.2 Å². The molecule has 0 spiro atoms. The summed E-state index contributed by atoms with van der Waals surface area (Å²) in [7, 11) is 0. The van der Waals surface area contributed by atoms with Crippen molar-refractivity contribution in [1.29, 1.82) is 0 Å². The highest BCUT2D eigenvalue weighted by molar-refractivity contribution is 5.18. The van der Waals surface area contributed by atoms with Crippen molar-refractivity contribution < 1.29 is 0 Å². The molecule has 1 aromatic carbocycles. The van der Waals surface area contributed by atoms with Crippen molar-refractivity contribution in [3.63, 3.8) is 0 Å². The van der Waals surface area contributed by atoms with E-state index >= 15 is 0 Å². The fraction of sp³-hybridized carbons (Fsp3) is 0.529. The lowest BCUT2D eigenvalue weighted by molar-refractivity contribution is 0.142. The quantitative estimate of drug-likeness (QED) is 0.938. The van der Waals surface area contributed by atoms with E-state index in [1.165, 1.54) is 18.4 Å². The van der Waals surface area contributed by atoms with Gasteiger partial charge in [-0.25, -0.2) is 4.98 Å². The second kappa shape index (κ2) is 6.39. The van der Waals surface area contributed by atoms with Gasteiger partial charge in [0.05, 0.1) is 6.04 Å². The van der Waals surface area contributed by atoms with Gasteiger partial charge in [0, 0.05) is 6.42 Å². The third-order valence-electron chi connectivity index (χ3n) is 4.50. The van der Waals surface area contributed by atoms with Gasteiger partial charge in [-0.15, -0.1) is 0 Å². The Morgan fingerprint density at radius 2 is 1.95 bits per heavy atom. The predicted octanol–water partition coefficient (Wildman–Crippen LogP) is 3.19. The van der Waals surface area contributed by atoms with Crippen LogP contribution in [0.15, 0.2) is 30.3 Å². The SMILES string of the molecule is CC1CCN([C@H](C)c2n[nH]c(Cc3ccccc3)n2)CC1. The molecule has 21 heavy (non-hydrogen) atoms. The Balaban J connectivity index is 1.64. The molecule has 0 saturated carbocycles. The number of hydrogen-bond acceptors (Lipinski definition) is 3. The summed E-state index contributed by atoms with van der Waals surface area (Å²) >= 11 is 0. The Labute approximate surface area is 126 Å². The van der Waals surface area contributed by atoms with E-state index in [1.807, 2.05) is 6.07 Å². The number of benzene rings is 1. The molecule has 0 bridgehead atoms. The number of nitrogens with one attached hydrogen (secondary N) is 1. The minimum absolute atomic E-state index is 0.304. The van der Waals surface area contributed by atoms with Gasteiger partial charge in [-0.3, -0.25) is 10.00 Å². The Morgan fingerprint density at radius 3 is 2.67 bits per heavy atom. The van der Waals surface area contributed by atoms with Gasteiger partial charge in [0.2, 0.25) is 0 Å². The zero-order valence-corrected chi connectivity index (χ0v) is 12.9. The summed E-state index contributed by atoms with van der Waals surface area (Å²) in [5.74, 6) is 2.73. The Bertz CT molecular complexity index is 555. The summed E-state index contributed by atoms with van der Waals surface area (Å²) in [5.41, 5.74) is 1.26. The van der Waals surface area contributed by atoms with E-state index in [0.29, 0.717) is 6.04 Å². The van der Waals surface area contributed by atoms with E-state index in [1.54, 1.807) is 0 Å². The van der Waals surface area contributed by atoms with Crippen molar-refractivity contribution in [2.75, 3.05) is 13.1 Å². The molecular weight excluding hydrogens is 260 g/mol. The first kappa shape index (κ1) is 14.3. The third-order valence-corrected chi connectivity index (χ3v) is 4.50. The molecule has 1 saturated heterocycles. The first-order valence-electron chi connectivity index (χ1n) is 7.91. The molecule has 0 amide bonds. The van der Waals surface area contributed by atoms with Crippen LogP contribution in [0.25, 0.3) is 0 Å². The molecule has 0 unspecified atom stereocenters. The monoisotopic (exact) mass is 284 g/mol. The molecule has 4 heteroatoms. The average Bonchev–Trinajstić information content (AvgIpc) is 2.97. The van der Waals surface area contributed by atoms with Crippen LogP contribution in [0.2, 0.25) is 0 Å². The number of likely N-dealkylation sites (tertiary alicyclic amines) is 1. The summed E-state index contributed by atoms with van der Waals surface area (Å²) < 4.78 is 0. The lowest BCUT2D eigenvalue weighted by Crippen LogP contribution is -2.35. The van der Waals surface area contributed by atoms with Gasteiger partial charge < -0.3 is 0 Å². The third kappa shape index (κ3) is 3.50. The number of nitrogens with zero attached hydrogens (tertiary/aromatic N) is 3. The predicted molar refractivity (Wildman–Crippen MR) is 84.0 cm³/mol. The molecule has 1 atom stereocenters. The van der Waals surface area contributed by atoms with Gasteiger partial charge in [-0.2, -0.15) is 5.10 Å². The van der Waals surface area contributed by atoms with E-state index in [0.717, 1.165) is 37.1 Å². The summed E-state index contributed by atoms with van der Waals surface area (Å²) in [5, 5.41) is 7.52. The van der Waals surface area contributed by atoms with Crippen LogP contribution in [0.3, 0.4) is 0 Å². The molecule has 0 aliphatic carbocycles. The van der Waals surface area contributed by atoms with Gasteiger partial charge in [-0.1, -0.05) is 37.3 Å². The van der Waals surface area contributed by atoms with Crippen LogP contribution in [-0.2, 0) is 6.42 Å². The molecule has 1 aliphatic rings. The lowest BCUT2D eigenvalue weighted by atomic mass is 9.98.